The van der Waals surface area contributed by atoms with E-state index in [9.17, 15) is 22.0 Å². The molecule has 1 amide bonds. The lowest BCUT2D eigenvalue weighted by molar-refractivity contribution is -0.124. The molecule has 1 heterocycles. The Labute approximate surface area is 139 Å². The number of hydrogen-bond acceptors (Lipinski definition) is 5. The summed E-state index contributed by atoms with van der Waals surface area (Å²) in [5.74, 6) is -0.509. The summed E-state index contributed by atoms with van der Waals surface area (Å²) in [5, 5.41) is 5.68. The van der Waals surface area contributed by atoms with Crippen LogP contribution >= 0.6 is 0 Å². The number of rotatable bonds is 6. The Morgan fingerprint density at radius 1 is 1.29 bits per heavy atom. The van der Waals surface area contributed by atoms with Crippen LogP contribution in [0.2, 0.25) is 0 Å². The minimum atomic E-state index is -3.57. The maximum atomic E-state index is 12.5. The molecule has 2 rings (SSSR count). The smallest absolute Gasteiger partial charge is 0.387 e. The summed E-state index contributed by atoms with van der Waals surface area (Å²) in [6.07, 6.45) is 1.52. The van der Waals surface area contributed by atoms with Crippen LogP contribution in [0.1, 0.15) is 18.4 Å². The van der Waals surface area contributed by atoms with Crippen LogP contribution in [0.3, 0.4) is 0 Å². The summed E-state index contributed by atoms with van der Waals surface area (Å²) in [7, 11) is -3.57. The molecule has 1 saturated heterocycles. The van der Waals surface area contributed by atoms with Gasteiger partial charge in [0.2, 0.25) is 5.91 Å². The largest absolute Gasteiger partial charge is 0.435 e. The average molecular weight is 362 g/mol. The van der Waals surface area contributed by atoms with Crippen LogP contribution in [0.15, 0.2) is 24.3 Å². The van der Waals surface area contributed by atoms with Crippen LogP contribution in [0.4, 0.5) is 8.78 Å². The number of carbonyl (C=O) groups is 1. The summed E-state index contributed by atoms with van der Waals surface area (Å²) in [4.78, 5) is 12.5. The number of nitrogens with one attached hydrogen (secondary N) is 2. The molecular weight excluding hydrogens is 342 g/mol. The number of carbonyl (C=O) groups excluding carboxylic acids is 1. The van der Waals surface area contributed by atoms with Gasteiger partial charge >= 0.3 is 6.61 Å². The third kappa shape index (κ3) is 4.21. The second-order valence-electron chi connectivity index (χ2n) is 5.72. The van der Waals surface area contributed by atoms with Crippen LogP contribution < -0.4 is 15.4 Å². The minimum absolute atomic E-state index is 0.0195. The molecule has 0 unspecified atom stereocenters. The molecule has 0 saturated carbocycles. The van der Waals surface area contributed by atoms with Crippen molar-refractivity contribution in [2.24, 2.45) is 0 Å². The lowest BCUT2D eigenvalue weighted by atomic mass is 9.95. The van der Waals surface area contributed by atoms with E-state index in [2.05, 4.69) is 15.4 Å². The zero-order valence-corrected chi connectivity index (χ0v) is 14.0. The standard InChI is InChI=1S/C15H20F2N2O4S/c1-24(21,22)15(6-8-18-9-7-15)13(20)19-10-11-2-4-12(5-3-11)23-14(16)17/h2-5,14,18H,6-10H2,1H3,(H,19,20). The first kappa shape index (κ1) is 18.6. The summed E-state index contributed by atoms with van der Waals surface area (Å²) >= 11 is 0. The Hall–Kier alpha value is -1.74. The van der Waals surface area contributed by atoms with Crippen LogP contribution in [0.25, 0.3) is 0 Å². The van der Waals surface area contributed by atoms with Gasteiger partial charge in [-0.3, -0.25) is 4.79 Å². The molecule has 0 spiro atoms. The Kier molecular flexibility index (Phi) is 5.76. The molecule has 0 aliphatic carbocycles. The van der Waals surface area contributed by atoms with Crippen molar-refractivity contribution in [2.45, 2.75) is 30.7 Å². The fourth-order valence-corrected chi connectivity index (χ4v) is 4.08. The topological polar surface area (TPSA) is 84.5 Å². The van der Waals surface area contributed by atoms with E-state index >= 15 is 0 Å². The lowest BCUT2D eigenvalue weighted by Gasteiger charge is -2.34. The van der Waals surface area contributed by atoms with Gasteiger partial charge in [-0.2, -0.15) is 8.78 Å². The normalized spacial score (nSPS) is 17.5. The number of hydrogen-bond donors (Lipinski definition) is 2. The zero-order chi connectivity index (χ0) is 17.8. The predicted molar refractivity (Wildman–Crippen MR) is 84.6 cm³/mol. The molecule has 0 bridgehead atoms. The molecular formula is C15H20F2N2O4S. The fourth-order valence-electron chi connectivity index (χ4n) is 2.73. The van der Waals surface area contributed by atoms with Gasteiger partial charge in [-0.1, -0.05) is 12.1 Å². The second-order valence-corrected chi connectivity index (χ2v) is 8.05. The monoisotopic (exact) mass is 362 g/mol. The highest BCUT2D eigenvalue weighted by atomic mass is 32.2. The molecule has 0 aromatic heterocycles. The van der Waals surface area contributed by atoms with Gasteiger partial charge in [0.15, 0.2) is 14.6 Å². The molecule has 9 heteroatoms. The number of benzene rings is 1. The van der Waals surface area contributed by atoms with E-state index in [0.717, 1.165) is 6.26 Å². The fraction of sp³-hybridized carbons (Fsp3) is 0.533. The van der Waals surface area contributed by atoms with Crippen molar-refractivity contribution in [2.75, 3.05) is 19.3 Å². The van der Waals surface area contributed by atoms with Crippen molar-refractivity contribution in [3.8, 4) is 5.75 Å². The number of ether oxygens (including phenoxy) is 1. The number of amides is 1. The van der Waals surface area contributed by atoms with E-state index in [1.165, 1.54) is 24.3 Å². The van der Waals surface area contributed by atoms with Gasteiger partial charge in [-0.05, 0) is 43.6 Å². The van der Waals surface area contributed by atoms with Gasteiger partial charge in [0.25, 0.3) is 0 Å². The number of halogens is 2. The van der Waals surface area contributed by atoms with Gasteiger partial charge < -0.3 is 15.4 Å². The van der Waals surface area contributed by atoms with Gasteiger partial charge in [0.1, 0.15) is 5.75 Å². The van der Waals surface area contributed by atoms with Gasteiger partial charge in [-0.25, -0.2) is 8.42 Å². The maximum Gasteiger partial charge on any atom is 0.387 e. The Bertz CT molecular complexity index is 671. The number of piperidine rings is 1. The van der Waals surface area contributed by atoms with E-state index in [1.807, 2.05) is 0 Å². The molecule has 6 nitrogen and oxygen atoms in total. The molecule has 0 atom stereocenters. The third-order valence-electron chi connectivity index (χ3n) is 4.14. The molecule has 1 fully saturated rings. The minimum Gasteiger partial charge on any atom is -0.435 e. The Balaban J connectivity index is 2.03. The van der Waals surface area contributed by atoms with Crippen LogP contribution in [0.5, 0.6) is 5.75 Å². The SMILES string of the molecule is CS(=O)(=O)C1(C(=O)NCc2ccc(OC(F)F)cc2)CCNCC1. The van der Waals surface area contributed by atoms with E-state index in [4.69, 9.17) is 0 Å². The van der Waals surface area contributed by atoms with Gasteiger partial charge in [0.05, 0.1) is 0 Å². The van der Waals surface area contributed by atoms with Crippen molar-refractivity contribution in [3.63, 3.8) is 0 Å². The molecule has 2 N–H and O–H groups in total. The molecule has 134 valence electrons. The Morgan fingerprint density at radius 3 is 2.38 bits per heavy atom. The summed E-state index contributed by atoms with van der Waals surface area (Å²) in [5.41, 5.74) is 0.655. The highest BCUT2D eigenvalue weighted by molar-refractivity contribution is 7.92. The average Bonchev–Trinajstić information content (AvgIpc) is 2.53. The van der Waals surface area contributed by atoms with E-state index in [1.54, 1.807) is 0 Å². The first-order chi connectivity index (χ1) is 11.2. The number of alkyl halides is 2. The molecule has 0 radical (unpaired) electrons. The van der Waals surface area contributed by atoms with E-state index < -0.39 is 27.1 Å². The van der Waals surface area contributed by atoms with Crippen LogP contribution in [-0.2, 0) is 21.2 Å². The zero-order valence-electron chi connectivity index (χ0n) is 13.2. The van der Waals surface area contributed by atoms with Crippen molar-refractivity contribution < 1.29 is 26.7 Å². The lowest BCUT2D eigenvalue weighted by Crippen LogP contribution is -2.57. The van der Waals surface area contributed by atoms with Crippen molar-refractivity contribution >= 4 is 15.7 Å². The molecule has 1 aromatic carbocycles. The maximum absolute atomic E-state index is 12.5. The van der Waals surface area contributed by atoms with Crippen LogP contribution in [-0.4, -0.2) is 45.0 Å². The third-order valence-corrected chi connectivity index (χ3v) is 6.15. The quantitative estimate of drug-likeness (QED) is 0.791. The molecule has 1 aromatic rings. The Morgan fingerprint density at radius 2 is 1.88 bits per heavy atom. The van der Waals surface area contributed by atoms with E-state index in [0.29, 0.717) is 18.7 Å². The second kappa shape index (κ2) is 7.43. The van der Waals surface area contributed by atoms with E-state index in [-0.39, 0.29) is 25.1 Å². The van der Waals surface area contributed by atoms with Crippen molar-refractivity contribution in [1.82, 2.24) is 10.6 Å². The summed E-state index contributed by atoms with van der Waals surface area (Å²) in [6.45, 7) is -1.87. The first-order valence-corrected chi connectivity index (χ1v) is 9.36. The first-order valence-electron chi connectivity index (χ1n) is 7.47. The predicted octanol–water partition coefficient (Wildman–Crippen LogP) is 1.07. The van der Waals surface area contributed by atoms with Crippen LogP contribution in [0, 0.1) is 0 Å². The highest BCUT2D eigenvalue weighted by Gasteiger charge is 2.48. The molecule has 24 heavy (non-hydrogen) atoms. The van der Waals surface area contributed by atoms with Gasteiger partial charge in [0, 0.05) is 12.8 Å². The number of sulfone groups is 1. The summed E-state index contributed by atoms with van der Waals surface area (Å²) < 4.78 is 51.3. The van der Waals surface area contributed by atoms with Crippen molar-refractivity contribution in [1.29, 1.82) is 0 Å². The highest BCUT2D eigenvalue weighted by Crippen LogP contribution is 2.28. The van der Waals surface area contributed by atoms with Gasteiger partial charge in [-0.15, -0.1) is 0 Å². The summed E-state index contributed by atoms with van der Waals surface area (Å²) in [6, 6.07) is 5.80. The molecule has 1 aliphatic rings. The molecule has 1 aliphatic heterocycles. The van der Waals surface area contributed by atoms with Crippen molar-refractivity contribution in [3.05, 3.63) is 29.8 Å².